The predicted molar refractivity (Wildman–Crippen MR) is 141 cm³/mol. The Hall–Kier alpha value is -2.86. The number of sulfone groups is 1. The van der Waals surface area contributed by atoms with Gasteiger partial charge in [0.05, 0.1) is 28.6 Å². The number of hydrogen-bond donors (Lipinski definition) is 0. The molecule has 34 heavy (non-hydrogen) atoms. The molecule has 0 fully saturated rings. The van der Waals surface area contributed by atoms with E-state index in [1.165, 1.54) is 5.56 Å². The molecule has 0 aromatic heterocycles. The van der Waals surface area contributed by atoms with Gasteiger partial charge in [-0.15, -0.1) is 11.8 Å². The van der Waals surface area contributed by atoms with E-state index >= 15 is 0 Å². The van der Waals surface area contributed by atoms with E-state index in [0.717, 1.165) is 16.9 Å². The van der Waals surface area contributed by atoms with Crippen molar-refractivity contribution in [3.05, 3.63) is 138 Å². The Balaban J connectivity index is 1.57. The molecule has 5 heteroatoms. The molecule has 174 valence electrons. The van der Waals surface area contributed by atoms with Crippen molar-refractivity contribution in [3.8, 4) is 0 Å². The lowest BCUT2D eigenvalue weighted by atomic mass is 10.0. The van der Waals surface area contributed by atoms with E-state index in [1.54, 1.807) is 24.3 Å². The van der Waals surface area contributed by atoms with Gasteiger partial charge in [0.1, 0.15) is 0 Å². The van der Waals surface area contributed by atoms with Crippen LogP contribution in [0.15, 0.2) is 126 Å². The van der Waals surface area contributed by atoms with E-state index in [2.05, 4.69) is 36.4 Å². The number of hydrogen-bond acceptors (Lipinski definition) is 4. The molecule has 4 rings (SSSR count). The van der Waals surface area contributed by atoms with E-state index < -0.39 is 9.84 Å². The summed E-state index contributed by atoms with van der Waals surface area (Å²) in [7, 11) is -3.42. The Morgan fingerprint density at radius 3 is 1.74 bits per heavy atom. The van der Waals surface area contributed by atoms with Crippen LogP contribution in [0.5, 0.6) is 0 Å². The van der Waals surface area contributed by atoms with Gasteiger partial charge in [-0.2, -0.15) is 0 Å². The van der Waals surface area contributed by atoms with Gasteiger partial charge < -0.3 is 4.74 Å². The molecule has 0 aliphatic carbocycles. The summed E-state index contributed by atoms with van der Waals surface area (Å²) in [5.41, 5.74) is 3.43. The standard InChI is InChI=1S/C29H28O3S2/c30-34(31,27-19-11-4-12-20-27)22-21-32-28(25-15-7-2-8-16-25)29(26-17-9-3-10-18-26)33-23-24-13-5-1-6-14-24/h1-20,28-29H,21-23H2/t28-,29-/m1/s1. The quantitative estimate of drug-likeness (QED) is 0.230. The van der Waals surface area contributed by atoms with Crippen molar-refractivity contribution in [2.75, 3.05) is 12.4 Å². The summed E-state index contributed by atoms with van der Waals surface area (Å²) in [5, 5.41) is 0.00300. The summed E-state index contributed by atoms with van der Waals surface area (Å²) in [6.45, 7) is 0.117. The molecule has 0 radical (unpaired) electrons. The third-order valence-corrected chi connectivity index (χ3v) is 8.63. The molecule has 0 N–H and O–H groups in total. The smallest absolute Gasteiger partial charge is 0.180 e. The van der Waals surface area contributed by atoms with Crippen LogP contribution in [0.3, 0.4) is 0 Å². The maximum absolute atomic E-state index is 12.8. The van der Waals surface area contributed by atoms with Gasteiger partial charge in [-0.3, -0.25) is 0 Å². The Bertz CT molecular complexity index is 1230. The second kappa shape index (κ2) is 12.0. The van der Waals surface area contributed by atoms with Crippen molar-refractivity contribution in [1.82, 2.24) is 0 Å². The Kier molecular flexibility index (Phi) is 8.58. The van der Waals surface area contributed by atoms with Gasteiger partial charge in [-0.1, -0.05) is 109 Å². The monoisotopic (exact) mass is 488 g/mol. The molecule has 0 bridgehead atoms. The van der Waals surface area contributed by atoms with Crippen molar-refractivity contribution in [2.24, 2.45) is 0 Å². The highest BCUT2D eigenvalue weighted by atomic mass is 32.2. The third-order valence-electron chi connectivity index (χ3n) is 5.56. The van der Waals surface area contributed by atoms with E-state index in [9.17, 15) is 8.42 Å². The highest BCUT2D eigenvalue weighted by Crippen LogP contribution is 2.43. The fourth-order valence-electron chi connectivity index (χ4n) is 3.79. The Labute approximate surface area is 206 Å². The number of rotatable bonds is 11. The van der Waals surface area contributed by atoms with Crippen LogP contribution in [0, 0.1) is 0 Å². The van der Waals surface area contributed by atoms with Crippen LogP contribution in [-0.4, -0.2) is 20.8 Å². The van der Waals surface area contributed by atoms with E-state index in [-0.39, 0.29) is 23.7 Å². The van der Waals surface area contributed by atoms with E-state index in [4.69, 9.17) is 4.74 Å². The van der Waals surface area contributed by atoms with Crippen LogP contribution in [0.1, 0.15) is 28.0 Å². The Morgan fingerprint density at radius 1 is 0.647 bits per heavy atom. The van der Waals surface area contributed by atoms with Gasteiger partial charge in [-0.05, 0) is 28.8 Å². The van der Waals surface area contributed by atoms with Gasteiger partial charge in [0.25, 0.3) is 0 Å². The lowest BCUT2D eigenvalue weighted by Gasteiger charge is -2.28. The lowest BCUT2D eigenvalue weighted by Crippen LogP contribution is -2.18. The first kappa shape index (κ1) is 24.3. The van der Waals surface area contributed by atoms with Gasteiger partial charge in [0.2, 0.25) is 0 Å². The second-order valence-electron chi connectivity index (χ2n) is 7.96. The second-order valence-corrected chi connectivity index (χ2v) is 11.2. The van der Waals surface area contributed by atoms with Crippen LogP contribution >= 0.6 is 11.8 Å². The first-order valence-electron chi connectivity index (χ1n) is 11.3. The molecule has 0 amide bonds. The lowest BCUT2D eigenvalue weighted by molar-refractivity contribution is 0.0618. The van der Waals surface area contributed by atoms with E-state index in [0.29, 0.717) is 4.90 Å². The van der Waals surface area contributed by atoms with Gasteiger partial charge in [0.15, 0.2) is 9.84 Å². The molecule has 0 saturated carbocycles. The van der Waals surface area contributed by atoms with E-state index in [1.807, 2.05) is 72.4 Å². The topological polar surface area (TPSA) is 43.4 Å². The molecule has 0 aliphatic rings. The number of thioether (sulfide) groups is 1. The normalized spacial score (nSPS) is 13.3. The van der Waals surface area contributed by atoms with Crippen LogP contribution in [0.25, 0.3) is 0 Å². The summed E-state index contributed by atoms with van der Waals surface area (Å²) in [5.74, 6) is 0.765. The summed E-state index contributed by atoms with van der Waals surface area (Å²) < 4.78 is 32.0. The summed E-state index contributed by atoms with van der Waals surface area (Å²) in [4.78, 5) is 0.327. The number of ether oxygens (including phenoxy) is 1. The zero-order valence-corrected chi connectivity index (χ0v) is 20.5. The molecule has 0 aliphatic heterocycles. The minimum absolute atomic E-state index is 0.00300. The molecule has 0 spiro atoms. The third kappa shape index (κ3) is 6.60. The molecule has 0 heterocycles. The zero-order valence-electron chi connectivity index (χ0n) is 18.9. The van der Waals surface area contributed by atoms with Gasteiger partial charge in [-0.25, -0.2) is 8.42 Å². The SMILES string of the molecule is O=S(=O)(CCO[C@H](c1ccccc1)[C@H](SCc1ccccc1)c1ccccc1)c1ccccc1. The number of benzene rings is 4. The summed E-state index contributed by atoms with van der Waals surface area (Å²) >= 11 is 1.81. The predicted octanol–water partition coefficient (Wildman–Crippen LogP) is 6.89. The van der Waals surface area contributed by atoms with Crippen molar-refractivity contribution >= 4 is 21.6 Å². The average Bonchev–Trinajstić information content (AvgIpc) is 2.90. The fraction of sp³-hybridized carbons (Fsp3) is 0.172. The van der Waals surface area contributed by atoms with Crippen LogP contribution in [-0.2, 0) is 20.3 Å². The summed E-state index contributed by atoms with van der Waals surface area (Å²) in [6.07, 6.45) is -0.289. The highest BCUT2D eigenvalue weighted by molar-refractivity contribution is 7.98. The molecule has 4 aromatic carbocycles. The minimum atomic E-state index is -3.42. The van der Waals surface area contributed by atoms with Crippen molar-refractivity contribution < 1.29 is 13.2 Å². The van der Waals surface area contributed by atoms with Gasteiger partial charge in [0, 0.05) is 5.75 Å². The molecule has 4 aromatic rings. The largest absolute Gasteiger partial charge is 0.371 e. The zero-order chi connectivity index (χ0) is 23.6. The first-order valence-corrected chi connectivity index (χ1v) is 14.0. The molecule has 0 saturated heterocycles. The van der Waals surface area contributed by atoms with Crippen molar-refractivity contribution in [1.29, 1.82) is 0 Å². The minimum Gasteiger partial charge on any atom is -0.371 e. The molecule has 0 unspecified atom stereocenters. The maximum atomic E-state index is 12.8. The first-order chi connectivity index (χ1) is 16.6. The van der Waals surface area contributed by atoms with Gasteiger partial charge >= 0.3 is 0 Å². The molecular weight excluding hydrogens is 460 g/mol. The summed E-state index contributed by atoms with van der Waals surface area (Å²) in [6, 6.07) is 39.3. The van der Waals surface area contributed by atoms with Crippen LogP contribution < -0.4 is 0 Å². The van der Waals surface area contributed by atoms with Crippen molar-refractivity contribution in [2.45, 2.75) is 22.0 Å². The fourth-order valence-corrected chi connectivity index (χ4v) is 6.24. The Morgan fingerprint density at radius 2 is 1.15 bits per heavy atom. The van der Waals surface area contributed by atoms with Crippen LogP contribution in [0.4, 0.5) is 0 Å². The average molecular weight is 489 g/mol. The van der Waals surface area contributed by atoms with Crippen molar-refractivity contribution in [3.63, 3.8) is 0 Å². The maximum Gasteiger partial charge on any atom is 0.180 e. The van der Waals surface area contributed by atoms with Crippen LogP contribution in [0.2, 0.25) is 0 Å². The molecule has 2 atom stereocenters. The highest BCUT2D eigenvalue weighted by Gasteiger charge is 2.27. The molecular formula is C29H28O3S2. The molecule has 3 nitrogen and oxygen atoms in total.